The number of rotatable bonds is 10. The van der Waals surface area contributed by atoms with Gasteiger partial charge in [0.15, 0.2) is 5.82 Å². The predicted molar refractivity (Wildman–Crippen MR) is 169 cm³/mol. The number of pyridine rings is 1. The van der Waals surface area contributed by atoms with E-state index in [1.54, 1.807) is 12.1 Å². The number of ether oxygens (including phenoxy) is 1. The van der Waals surface area contributed by atoms with Crippen molar-refractivity contribution < 1.29 is 14.0 Å². The SMILES string of the molecule is CC.CC.CCCCc1nc2c(N)nc3cc(C(=O)OC)ccc3c2n1Cc1ccc(C[N+](C)(CC)CC)cc1. The molecule has 0 fully saturated rings. The molecule has 0 saturated carbocycles. The van der Waals surface area contributed by atoms with E-state index < -0.39 is 5.97 Å². The number of carbonyl (C=O) groups is 1. The summed E-state index contributed by atoms with van der Waals surface area (Å²) in [5, 5.41) is 0.928. The van der Waals surface area contributed by atoms with E-state index in [4.69, 9.17) is 15.5 Å². The number of nitrogens with zero attached hydrogens (tertiary/aromatic N) is 4. The van der Waals surface area contributed by atoms with Crippen LogP contribution in [0.25, 0.3) is 21.9 Å². The van der Waals surface area contributed by atoms with E-state index in [1.807, 2.05) is 33.8 Å². The number of nitrogen functional groups attached to an aromatic ring is 1. The van der Waals surface area contributed by atoms with Gasteiger partial charge in [-0.05, 0) is 44.0 Å². The number of carbonyl (C=O) groups excluding carboxylic acids is 1. The summed E-state index contributed by atoms with van der Waals surface area (Å²) in [6.07, 6.45) is 3.00. The number of anilines is 1. The highest BCUT2D eigenvalue weighted by Crippen LogP contribution is 2.31. The van der Waals surface area contributed by atoms with Crippen LogP contribution in [0.1, 0.15) is 88.6 Å². The van der Waals surface area contributed by atoms with Gasteiger partial charge in [0.2, 0.25) is 0 Å². The summed E-state index contributed by atoms with van der Waals surface area (Å²) < 4.78 is 8.19. The molecule has 0 unspecified atom stereocenters. The van der Waals surface area contributed by atoms with Crippen LogP contribution in [0.15, 0.2) is 42.5 Å². The summed E-state index contributed by atoms with van der Waals surface area (Å²) in [4.78, 5) is 21.6. The summed E-state index contributed by atoms with van der Waals surface area (Å²) in [5.74, 6) is 0.994. The second kappa shape index (κ2) is 15.4. The summed E-state index contributed by atoms with van der Waals surface area (Å²) in [6, 6.07) is 14.4. The first kappa shape index (κ1) is 32.8. The van der Waals surface area contributed by atoms with Gasteiger partial charge in [-0.25, -0.2) is 14.8 Å². The van der Waals surface area contributed by atoms with Gasteiger partial charge in [0.1, 0.15) is 17.9 Å². The molecule has 0 radical (unpaired) electrons. The van der Waals surface area contributed by atoms with Crippen LogP contribution in [0, 0.1) is 0 Å². The van der Waals surface area contributed by atoms with Crippen LogP contribution in [0.2, 0.25) is 0 Å². The van der Waals surface area contributed by atoms with Gasteiger partial charge in [0.25, 0.3) is 0 Å². The highest BCUT2D eigenvalue weighted by Gasteiger charge is 2.20. The molecule has 4 aromatic rings. The number of methoxy groups -OCH3 is 1. The van der Waals surface area contributed by atoms with Crippen LogP contribution in [-0.2, 0) is 24.2 Å². The van der Waals surface area contributed by atoms with E-state index >= 15 is 0 Å². The molecule has 0 aliphatic heterocycles. The van der Waals surface area contributed by atoms with Gasteiger partial charge >= 0.3 is 5.97 Å². The number of aryl methyl sites for hydroxylation is 1. The molecule has 40 heavy (non-hydrogen) atoms. The Morgan fingerprint density at radius 3 is 2.15 bits per heavy atom. The molecule has 0 bridgehead atoms. The molecule has 0 amide bonds. The summed E-state index contributed by atoms with van der Waals surface area (Å²) >= 11 is 0. The number of hydrogen-bond donors (Lipinski definition) is 1. The molecule has 218 valence electrons. The average Bonchev–Trinajstić information content (AvgIpc) is 3.37. The van der Waals surface area contributed by atoms with Crippen LogP contribution in [0.3, 0.4) is 0 Å². The van der Waals surface area contributed by atoms with Gasteiger partial charge in [-0.15, -0.1) is 0 Å². The highest BCUT2D eigenvalue weighted by molar-refractivity contribution is 6.08. The van der Waals surface area contributed by atoms with Crippen molar-refractivity contribution >= 4 is 33.7 Å². The standard InChI is InChI=1S/C29H38N5O2.2C2H6/c1-6-9-10-25-32-26-27(23-16-15-22(29(35)36-5)17-24(23)31-28(26)30)33(25)18-20-11-13-21(14-12-20)19-34(4,7-2)8-3;2*1-2/h11-17H,6-10,18-19H2,1-5H3,(H2,30,31);2*1-2H3/q+1;;. The first-order valence-corrected chi connectivity index (χ1v) is 14.9. The number of unbranched alkanes of at least 4 members (excludes halogenated alkanes) is 1. The second-order valence-corrected chi connectivity index (χ2v) is 9.86. The van der Waals surface area contributed by atoms with Crippen LogP contribution < -0.4 is 5.73 Å². The van der Waals surface area contributed by atoms with E-state index in [0.29, 0.717) is 23.4 Å². The van der Waals surface area contributed by atoms with Crippen molar-refractivity contribution in [2.75, 3.05) is 33.0 Å². The number of imidazole rings is 1. The fourth-order valence-electron chi connectivity index (χ4n) is 4.72. The number of esters is 1. The molecule has 7 nitrogen and oxygen atoms in total. The Bertz CT molecular complexity index is 1370. The van der Waals surface area contributed by atoms with Crippen molar-refractivity contribution in [1.82, 2.24) is 14.5 Å². The zero-order chi connectivity index (χ0) is 29.9. The molecule has 0 spiro atoms. The van der Waals surface area contributed by atoms with E-state index in [-0.39, 0.29) is 0 Å². The van der Waals surface area contributed by atoms with Crippen LogP contribution in [0.5, 0.6) is 0 Å². The minimum Gasteiger partial charge on any atom is -0.465 e. The Labute approximate surface area is 241 Å². The number of hydrogen-bond acceptors (Lipinski definition) is 5. The zero-order valence-electron chi connectivity index (χ0n) is 26.2. The normalized spacial score (nSPS) is 11.0. The highest BCUT2D eigenvalue weighted by atomic mass is 16.5. The lowest BCUT2D eigenvalue weighted by Gasteiger charge is -2.32. The molecule has 0 atom stereocenters. The van der Waals surface area contributed by atoms with Crippen molar-refractivity contribution in [3.05, 3.63) is 65.0 Å². The third-order valence-electron chi connectivity index (χ3n) is 7.41. The maximum atomic E-state index is 12.1. The predicted octanol–water partition coefficient (Wildman–Crippen LogP) is 7.38. The number of nitrogens with two attached hydrogens (primary N) is 1. The first-order chi connectivity index (χ1) is 19.3. The van der Waals surface area contributed by atoms with Gasteiger partial charge in [-0.2, -0.15) is 0 Å². The first-order valence-electron chi connectivity index (χ1n) is 14.9. The summed E-state index contributed by atoms with van der Waals surface area (Å²) in [6.45, 7) is 18.6. The van der Waals surface area contributed by atoms with E-state index in [9.17, 15) is 4.79 Å². The number of aromatic nitrogens is 3. The zero-order valence-corrected chi connectivity index (χ0v) is 26.2. The lowest BCUT2D eigenvalue weighted by atomic mass is 10.1. The fraction of sp³-hybridized carbons (Fsp3) is 0.485. The number of quaternary nitrogens is 1. The Hall–Kier alpha value is -3.45. The molecular formula is C33H50N5O2+. The molecule has 2 aromatic carbocycles. The van der Waals surface area contributed by atoms with Gasteiger partial charge in [0.05, 0.1) is 43.8 Å². The monoisotopic (exact) mass is 548 g/mol. The van der Waals surface area contributed by atoms with Crippen molar-refractivity contribution in [3.63, 3.8) is 0 Å². The van der Waals surface area contributed by atoms with Gasteiger partial charge < -0.3 is 19.5 Å². The van der Waals surface area contributed by atoms with Crippen molar-refractivity contribution in [2.24, 2.45) is 0 Å². The Morgan fingerprint density at radius 1 is 0.950 bits per heavy atom. The van der Waals surface area contributed by atoms with E-state index in [0.717, 1.165) is 65.6 Å². The third kappa shape index (κ3) is 7.39. The minimum atomic E-state index is -0.393. The topological polar surface area (TPSA) is 83.0 Å². The smallest absolute Gasteiger partial charge is 0.337 e. The number of benzene rings is 2. The van der Waals surface area contributed by atoms with Crippen molar-refractivity contribution in [2.45, 2.75) is 80.8 Å². The molecule has 2 aromatic heterocycles. The average molecular weight is 549 g/mol. The minimum absolute atomic E-state index is 0.377. The summed E-state index contributed by atoms with van der Waals surface area (Å²) in [5.41, 5.74) is 11.7. The molecule has 2 heterocycles. The largest absolute Gasteiger partial charge is 0.465 e. The second-order valence-electron chi connectivity index (χ2n) is 9.86. The van der Waals surface area contributed by atoms with Gasteiger partial charge in [-0.1, -0.05) is 65.3 Å². The maximum absolute atomic E-state index is 12.1. The van der Waals surface area contributed by atoms with E-state index in [2.05, 4.69) is 61.6 Å². The molecule has 7 heteroatoms. The Balaban J connectivity index is 0.00000134. The summed E-state index contributed by atoms with van der Waals surface area (Å²) in [7, 11) is 3.68. The fourth-order valence-corrected chi connectivity index (χ4v) is 4.72. The molecular weight excluding hydrogens is 498 g/mol. The molecule has 2 N–H and O–H groups in total. The maximum Gasteiger partial charge on any atom is 0.337 e. The molecule has 0 aliphatic rings. The molecule has 0 aliphatic carbocycles. The third-order valence-corrected chi connectivity index (χ3v) is 7.41. The quantitative estimate of drug-likeness (QED) is 0.165. The van der Waals surface area contributed by atoms with Crippen LogP contribution in [-0.4, -0.2) is 52.2 Å². The Kier molecular flexibility index (Phi) is 12.6. The van der Waals surface area contributed by atoms with Crippen molar-refractivity contribution in [3.8, 4) is 0 Å². The molecule has 4 rings (SSSR count). The molecule has 0 saturated heterocycles. The van der Waals surface area contributed by atoms with Crippen molar-refractivity contribution in [1.29, 1.82) is 0 Å². The Morgan fingerprint density at radius 2 is 1.57 bits per heavy atom. The number of fused-ring (bicyclic) bond motifs is 3. The van der Waals surface area contributed by atoms with Crippen LogP contribution >= 0.6 is 0 Å². The lowest BCUT2D eigenvalue weighted by Crippen LogP contribution is -2.42. The lowest BCUT2D eigenvalue weighted by molar-refractivity contribution is -0.919. The van der Waals surface area contributed by atoms with E-state index in [1.165, 1.54) is 18.2 Å². The van der Waals surface area contributed by atoms with Gasteiger partial charge in [-0.3, -0.25) is 0 Å². The van der Waals surface area contributed by atoms with Gasteiger partial charge in [0, 0.05) is 23.9 Å². The van der Waals surface area contributed by atoms with Crippen LogP contribution in [0.4, 0.5) is 5.82 Å².